The summed E-state index contributed by atoms with van der Waals surface area (Å²) in [5.74, 6) is -4.71. The van der Waals surface area contributed by atoms with Gasteiger partial charge < -0.3 is 23.7 Å². The van der Waals surface area contributed by atoms with E-state index in [4.69, 9.17) is 23.7 Å². The van der Waals surface area contributed by atoms with E-state index in [1.807, 2.05) is 0 Å². The standard InChI is InChI=1S/C18H20O8/c1-11(19)24-13-9-22-18(10-23-17(2,3)26-18)15(20)14(13)25-16(21)12-7-5-4-6-8-12/h4-8,13-14H,9-10H2,1-3H3/t13-,14-,18+/m1/s1. The van der Waals surface area contributed by atoms with E-state index >= 15 is 0 Å². The number of benzene rings is 1. The Hall–Kier alpha value is -2.29. The molecule has 2 fully saturated rings. The average Bonchev–Trinajstić information content (AvgIpc) is 2.91. The Kier molecular flexibility index (Phi) is 4.83. The van der Waals surface area contributed by atoms with Crippen molar-refractivity contribution in [2.75, 3.05) is 13.2 Å². The predicted octanol–water partition coefficient (Wildman–Crippen LogP) is 1.22. The Balaban J connectivity index is 1.84. The minimum atomic E-state index is -1.69. The van der Waals surface area contributed by atoms with Crippen molar-refractivity contribution in [3.05, 3.63) is 35.9 Å². The van der Waals surface area contributed by atoms with Crippen LogP contribution in [0.25, 0.3) is 0 Å². The van der Waals surface area contributed by atoms with Crippen molar-refractivity contribution in [3.63, 3.8) is 0 Å². The first kappa shape index (κ1) is 18.5. The maximum Gasteiger partial charge on any atom is 0.338 e. The molecule has 0 saturated carbocycles. The quantitative estimate of drug-likeness (QED) is 0.739. The molecule has 0 unspecified atom stereocenters. The van der Waals surface area contributed by atoms with Crippen LogP contribution in [-0.4, -0.2) is 54.7 Å². The molecule has 0 amide bonds. The number of esters is 2. The molecule has 0 N–H and O–H groups in total. The zero-order valence-corrected chi connectivity index (χ0v) is 14.7. The highest BCUT2D eigenvalue weighted by molar-refractivity contribution is 5.96. The minimum absolute atomic E-state index is 0.148. The molecule has 26 heavy (non-hydrogen) atoms. The molecule has 0 radical (unpaired) electrons. The molecule has 1 aromatic carbocycles. The zero-order chi connectivity index (χ0) is 18.9. The molecule has 8 nitrogen and oxygen atoms in total. The SMILES string of the molecule is CC(=O)O[C@@H]1CO[C@]2(COC(C)(C)O2)C(=O)[C@@H]1OC(=O)c1ccccc1. The first-order valence-corrected chi connectivity index (χ1v) is 8.18. The van der Waals surface area contributed by atoms with E-state index in [0.29, 0.717) is 0 Å². The Morgan fingerprint density at radius 2 is 1.81 bits per heavy atom. The summed E-state index contributed by atoms with van der Waals surface area (Å²) in [5, 5.41) is 0. The number of ether oxygens (including phenoxy) is 5. The second-order valence-corrected chi connectivity index (χ2v) is 6.56. The van der Waals surface area contributed by atoms with Gasteiger partial charge in [-0.15, -0.1) is 0 Å². The average molecular weight is 364 g/mol. The third-order valence-electron chi connectivity index (χ3n) is 4.03. The van der Waals surface area contributed by atoms with Gasteiger partial charge in [0, 0.05) is 6.92 Å². The summed E-state index contributed by atoms with van der Waals surface area (Å²) >= 11 is 0. The minimum Gasteiger partial charge on any atom is -0.456 e. The molecule has 1 aromatic rings. The van der Waals surface area contributed by atoms with Crippen molar-refractivity contribution in [2.45, 2.75) is 44.6 Å². The van der Waals surface area contributed by atoms with Gasteiger partial charge in [0.15, 0.2) is 11.9 Å². The fourth-order valence-electron chi connectivity index (χ4n) is 2.87. The number of hydrogen-bond donors (Lipinski definition) is 0. The smallest absolute Gasteiger partial charge is 0.338 e. The van der Waals surface area contributed by atoms with Crippen LogP contribution in [-0.2, 0) is 33.3 Å². The van der Waals surface area contributed by atoms with E-state index in [-0.39, 0.29) is 18.8 Å². The third-order valence-corrected chi connectivity index (χ3v) is 4.03. The van der Waals surface area contributed by atoms with Crippen LogP contribution in [0.4, 0.5) is 0 Å². The molecule has 2 saturated heterocycles. The summed E-state index contributed by atoms with van der Waals surface area (Å²) < 4.78 is 27.1. The van der Waals surface area contributed by atoms with Gasteiger partial charge in [-0.25, -0.2) is 4.79 Å². The molecular weight excluding hydrogens is 344 g/mol. The van der Waals surface area contributed by atoms with Gasteiger partial charge in [0.2, 0.25) is 11.9 Å². The summed E-state index contributed by atoms with van der Waals surface area (Å²) in [7, 11) is 0. The first-order chi connectivity index (χ1) is 12.2. The van der Waals surface area contributed by atoms with E-state index in [1.54, 1.807) is 44.2 Å². The lowest BCUT2D eigenvalue weighted by Gasteiger charge is -2.38. The van der Waals surface area contributed by atoms with Crippen molar-refractivity contribution in [3.8, 4) is 0 Å². The lowest BCUT2D eigenvalue weighted by molar-refractivity contribution is -0.272. The van der Waals surface area contributed by atoms with Gasteiger partial charge in [-0.05, 0) is 26.0 Å². The Morgan fingerprint density at radius 3 is 2.38 bits per heavy atom. The fraction of sp³-hybridized carbons (Fsp3) is 0.500. The molecule has 1 spiro atoms. The number of carbonyl (C=O) groups is 3. The van der Waals surface area contributed by atoms with Gasteiger partial charge in [0.05, 0.1) is 12.2 Å². The third kappa shape index (κ3) is 3.62. The second kappa shape index (κ2) is 6.79. The van der Waals surface area contributed by atoms with Crippen LogP contribution in [0.15, 0.2) is 30.3 Å². The summed E-state index contributed by atoms with van der Waals surface area (Å²) in [6.45, 7) is 4.16. The zero-order valence-electron chi connectivity index (χ0n) is 14.7. The molecule has 0 bridgehead atoms. The van der Waals surface area contributed by atoms with E-state index in [0.717, 1.165) is 0 Å². The Morgan fingerprint density at radius 1 is 1.12 bits per heavy atom. The summed E-state index contributed by atoms with van der Waals surface area (Å²) in [6, 6.07) is 8.20. The van der Waals surface area contributed by atoms with Gasteiger partial charge in [-0.3, -0.25) is 9.59 Å². The van der Waals surface area contributed by atoms with Crippen LogP contribution in [0, 0.1) is 0 Å². The fourth-order valence-corrected chi connectivity index (χ4v) is 2.87. The molecule has 8 heteroatoms. The number of rotatable bonds is 3. The van der Waals surface area contributed by atoms with Crippen molar-refractivity contribution in [1.29, 1.82) is 0 Å². The van der Waals surface area contributed by atoms with Crippen molar-refractivity contribution in [2.24, 2.45) is 0 Å². The predicted molar refractivity (Wildman–Crippen MR) is 86.0 cm³/mol. The largest absolute Gasteiger partial charge is 0.456 e. The van der Waals surface area contributed by atoms with Crippen LogP contribution in [0.1, 0.15) is 31.1 Å². The summed E-state index contributed by atoms with van der Waals surface area (Å²) in [5.41, 5.74) is 0.270. The van der Waals surface area contributed by atoms with E-state index in [9.17, 15) is 14.4 Å². The molecule has 0 aromatic heterocycles. The maximum absolute atomic E-state index is 13.0. The molecule has 2 aliphatic rings. The Bertz CT molecular complexity index is 713. The maximum atomic E-state index is 13.0. The number of ketones is 1. The van der Waals surface area contributed by atoms with Crippen molar-refractivity contribution in [1.82, 2.24) is 0 Å². The van der Waals surface area contributed by atoms with E-state index in [1.165, 1.54) is 6.92 Å². The second-order valence-electron chi connectivity index (χ2n) is 6.56. The lowest BCUT2D eigenvalue weighted by Crippen LogP contribution is -2.61. The van der Waals surface area contributed by atoms with Gasteiger partial charge in [-0.1, -0.05) is 18.2 Å². The number of hydrogen-bond acceptors (Lipinski definition) is 8. The number of carbonyl (C=O) groups excluding carboxylic acids is 3. The topological polar surface area (TPSA) is 97.4 Å². The molecule has 3 rings (SSSR count). The van der Waals surface area contributed by atoms with Gasteiger partial charge in [-0.2, -0.15) is 0 Å². The van der Waals surface area contributed by atoms with Crippen LogP contribution in [0.2, 0.25) is 0 Å². The Labute approximate surface area is 150 Å². The highest BCUT2D eigenvalue weighted by atomic mass is 16.8. The van der Waals surface area contributed by atoms with Crippen LogP contribution in [0.3, 0.4) is 0 Å². The molecule has 0 aliphatic carbocycles. The normalized spacial score (nSPS) is 30.2. The van der Waals surface area contributed by atoms with Gasteiger partial charge in [0.25, 0.3) is 5.79 Å². The number of Topliss-reactive ketones (excluding diaryl/α,β-unsaturated/α-hetero) is 1. The van der Waals surface area contributed by atoms with Crippen LogP contribution in [0.5, 0.6) is 0 Å². The highest BCUT2D eigenvalue weighted by Crippen LogP contribution is 2.37. The monoisotopic (exact) mass is 364 g/mol. The summed E-state index contributed by atoms with van der Waals surface area (Å²) in [4.78, 5) is 36.7. The molecule has 2 aliphatic heterocycles. The first-order valence-electron chi connectivity index (χ1n) is 8.18. The van der Waals surface area contributed by atoms with Crippen LogP contribution < -0.4 is 0 Å². The highest BCUT2D eigenvalue weighted by Gasteiger charge is 2.60. The van der Waals surface area contributed by atoms with Crippen LogP contribution >= 0.6 is 0 Å². The van der Waals surface area contributed by atoms with Crippen molar-refractivity contribution >= 4 is 17.7 Å². The van der Waals surface area contributed by atoms with Gasteiger partial charge in [0.1, 0.15) is 6.61 Å². The van der Waals surface area contributed by atoms with E-state index in [2.05, 4.69) is 0 Å². The lowest BCUT2D eigenvalue weighted by atomic mass is 9.98. The molecule has 3 atom stereocenters. The molecular formula is C18H20O8. The summed E-state index contributed by atoms with van der Waals surface area (Å²) in [6.07, 6.45) is -2.43. The van der Waals surface area contributed by atoms with E-state index < -0.39 is 41.5 Å². The molecule has 140 valence electrons. The molecule has 2 heterocycles. The van der Waals surface area contributed by atoms with Crippen molar-refractivity contribution < 1.29 is 38.1 Å². The van der Waals surface area contributed by atoms with Gasteiger partial charge >= 0.3 is 11.9 Å².